The first kappa shape index (κ1) is 14.1. The number of aromatic hydroxyl groups is 1. The van der Waals surface area contributed by atoms with Crippen molar-refractivity contribution in [3.63, 3.8) is 0 Å². The summed E-state index contributed by atoms with van der Waals surface area (Å²) in [5, 5.41) is 12.9. The fourth-order valence-electron chi connectivity index (χ4n) is 1.85. The van der Waals surface area contributed by atoms with E-state index >= 15 is 0 Å². The van der Waals surface area contributed by atoms with Crippen LogP contribution in [-0.4, -0.2) is 24.5 Å². The summed E-state index contributed by atoms with van der Waals surface area (Å²) in [5.41, 5.74) is 1.27. The van der Waals surface area contributed by atoms with Gasteiger partial charge in [0.2, 0.25) is 0 Å². The zero-order chi connectivity index (χ0) is 14.4. The highest BCUT2D eigenvalue weighted by Crippen LogP contribution is 2.30. The summed E-state index contributed by atoms with van der Waals surface area (Å²) in [5.74, 6) is 0.0367. The Labute approximate surface area is 118 Å². The number of ketones is 1. The third-order valence-corrected chi connectivity index (χ3v) is 2.87. The Bertz CT molecular complexity index is 582. The number of likely N-dealkylation sites (N-methyl/N-ethyl adjacent to an activating group) is 1. The summed E-state index contributed by atoms with van der Waals surface area (Å²) in [6, 6.07) is 14.6. The maximum atomic E-state index is 11.8. The third-order valence-electron chi connectivity index (χ3n) is 2.87. The average Bonchev–Trinajstić information content (AvgIpc) is 2.47. The van der Waals surface area contributed by atoms with Gasteiger partial charge in [0.25, 0.3) is 0 Å². The number of nitrogens with one attached hydrogen (secondary N) is 1. The molecular formula is C16H17NO3. The Morgan fingerprint density at radius 1 is 1.15 bits per heavy atom. The Hall–Kier alpha value is -2.33. The van der Waals surface area contributed by atoms with Crippen LogP contribution < -0.4 is 10.1 Å². The molecule has 2 aromatic carbocycles. The summed E-state index contributed by atoms with van der Waals surface area (Å²) >= 11 is 0. The maximum absolute atomic E-state index is 11.8. The first-order valence-electron chi connectivity index (χ1n) is 6.39. The molecule has 0 radical (unpaired) electrons. The van der Waals surface area contributed by atoms with Gasteiger partial charge in [-0.1, -0.05) is 36.4 Å². The number of hydrogen-bond donors (Lipinski definition) is 2. The molecule has 2 N–H and O–H groups in total. The molecule has 104 valence electrons. The number of ether oxygens (including phenoxy) is 1. The third kappa shape index (κ3) is 3.36. The minimum Gasteiger partial charge on any atom is -0.504 e. The molecule has 0 amide bonds. The van der Waals surface area contributed by atoms with Crippen molar-refractivity contribution in [2.75, 3.05) is 13.6 Å². The molecule has 0 aliphatic carbocycles. The number of phenolic OH excluding ortho intramolecular Hbond substituents is 1. The largest absolute Gasteiger partial charge is 0.504 e. The number of para-hydroxylation sites is 1. The molecule has 0 aliphatic heterocycles. The standard InChI is InChI=1S/C16H17NO3/c1-17-10-14(18)13-8-5-9-15(16(13)19)20-11-12-6-3-2-4-7-12/h2-9,17,19H,10-11H2,1H3. The number of Topliss-reactive ketones (excluding diaryl/α,β-unsaturated/α-hetero) is 1. The lowest BCUT2D eigenvalue weighted by atomic mass is 10.1. The van der Waals surface area contributed by atoms with E-state index < -0.39 is 0 Å². The molecule has 0 heterocycles. The monoisotopic (exact) mass is 271 g/mol. The van der Waals surface area contributed by atoms with Gasteiger partial charge in [-0.3, -0.25) is 4.79 Å². The minimum atomic E-state index is -0.171. The first-order chi connectivity index (χ1) is 9.72. The van der Waals surface area contributed by atoms with Crippen LogP contribution >= 0.6 is 0 Å². The fourth-order valence-corrected chi connectivity index (χ4v) is 1.85. The van der Waals surface area contributed by atoms with Gasteiger partial charge in [0.15, 0.2) is 17.3 Å². The second-order valence-electron chi connectivity index (χ2n) is 4.38. The molecule has 0 aromatic heterocycles. The van der Waals surface area contributed by atoms with Gasteiger partial charge in [0.05, 0.1) is 12.1 Å². The zero-order valence-corrected chi connectivity index (χ0v) is 11.3. The van der Waals surface area contributed by atoms with Crippen LogP contribution in [0.15, 0.2) is 48.5 Å². The predicted octanol–water partition coefficient (Wildman–Crippen LogP) is 2.37. The van der Waals surface area contributed by atoms with Crippen molar-refractivity contribution in [2.24, 2.45) is 0 Å². The van der Waals surface area contributed by atoms with Crippen molar-refractivity contribution in [3.8, 4) is 11.5 Å². The summed E-state index contributed by atoms with van der Waals surface area (Å²) in [4.78, 5) is 11.8. The van der Waals surface area contributed by atoms with Gasteiger partial charge in [0.1, 0.15) is 6.61 Å². The quantitative estimate of drug-likeness (QED) is 0.792. The molecule has 0 aliphatic rings. The number of hydrogen-bond acceptors (Lipinski definition) is 4. The summed E-state index contributed by atoms with van der Waals surface area (Å²) in [6.45, 7) is 0.522. The lowest BCUT2D eigenvalue weighted by Crippen LogP contribution is -2.18. The van der Waals surface area contributed by atoms with E-state index in [2.05, 4.69) is 5.32 Å². The van der Waals surface area contributed by atoms with Crippen molar-refractivity contribution in [2.45, 2.75) is 6.61 Å². The van der Waals surface area contributed by atoms with E-state index in [1.165, 1.54) is 0 Å². The normalized spacial score (nSPS) is 10.2. The fraction of sp³-hybridized carbons (Fsp3) is 0.188. The first-order valence-corrected chi connectivity index (χ1v) is 6.39. The van der Waals surface area contributed by atoms with Crippen LogP contribution in [0.2, 0.25) is 0 Å². The molecule has 20 heavy (non-hydrogen) atoms. The molecule has 0 atom stereocenters. The molecule has 0 fully saturated rings. The molecule has 0 spiro atoms. The summed E-state index contributed by atoms with van der Waals surface area (Å²) in [7, 11) is 1.69. The van der Waals surface area contributed by atoms with Crippen molar-refractivity contribution < 1.29 is 14.6 Å². The number of carbonyl (C=O) groups excluding carboxylic acids is 1. The van der Waals surface area contributed by atoms with Crippen molar-refractivity contribution in [3.05, 3.63) is 59.7 Å². The van der Waals surface area contributed by atoms with Crippen molar-refractivity contribution in [1.82, 2.24) is 5.32 Å². The smallest absolute Gasteiger partial charge is 0.180 e. The molecular weight excluding hydrogens is 254 g/mol. The second kappa shape index (κ2) is 6.73. The van der Waals surface area contributed by atoms with Crippen LogP contribution in [0.5, 0.6) is 11.5 Å². The van der Waals surface area contributed by atoms with Crippen LogP contribution in [0.25, 0.3) is 0 Å². The Morgan fingerprint density at radius 2 is 1.90 bits per heavy atom. The van der Waals surface area contributed by atoms with E-state index in [-0.39, 0.29) is 23.6 Å². The Kier molecular flexibility index (Phi) is 4.74. The lowest BCUT2D eigenvalue weighted by Gasteiger charge is -2.10. The van der Waals surface area contributed by atoms with E-state index in [9.17, 15) is 9.90 Å². The van der Waals surface area contributed by atoms with E-state index in [1.54, 1.807) is 25.2 Å². The molecule has 2 rings (SSSR count). The van der Waals surface area contributed by atoms with Crippen LogP contribution in [0.4, 0.5) is 0 Å². The molecule has 4 nitrogen and oxygen atoms in total. The van der Waals surface area contributed by atoms with Crippen LogP contribution in [0.1, 0.15) is 15.9 Å². The van der Waals surface area contributed by atoms with Gasteiger partial charge in [0, 0.05) is 0 Å². The van der Waals surface area contributed by atoms with E-state index in [0.717, 1.165) is 5.56 Å². The van der Waals surface area contributed by atoms with Gasteiger partial charge in [-0.2, -0.15) is 0 Å². The number of rotatable bonds is 6. The maximum Gasteiger partial charge on any atom is 0.180 e. The van der Waals surface area contributed by atoms with Gasteiger partial charge >= 0.3 is 0 Å². The van der Waals surface area contributed by atoms with Crippen LogP contribution in [-0.2, 0) is 6.61 Å². The van der Waals surface area contributed by atoms with E-state index in [4.69, 9.17) is 4.74 Å². The topological polar surface area (TPSA) is 58.6 Å². The number of carbonyl (C=O) groups is 1. The zero-order valence-electron chi connectivity index (χ0n) is 11.3. The molecule has 4 heteroatoms. The second-order valence-corrected chi connectivity index (χ2v) is 4.38. The predicted molar refractivity (Wildman–Crippen MR) is 77.1 cm³/mol. The summed E-state index contributed by atoms with van der Waals surface area (Å²) < 4.78 is 5.57. The highest BCUT2D eigenvalue weighted by molar-refractivity contribution is 6.00. The van der Waals surface area contributed by atoms with Gasteiger partial charge in [-0.25, -0.2) is 0 Å². The number of phenols is 1. The SMILES string of the molecule is CNCC(=O)c1cccc(OCc2ccccc2)c1O. The molecule has 2 aromatic rings. The molecule has 0 unspecified atom stereocenters. The van der Waals surface area contributed by atoms with Crippen molar-refractivity contribution >= 4 is 5.78 Å². The van der Waals surface area contributed by atoms with Crippen LogP contribution in [0, 0.1) is 0 Å². The van der Waals surface area contributed by atoms with Gasteiger partial charge in [-0.15, -0.1) is 0 Å². The average molecular weight is 271 g/mol. The van der Waals surface area contributed by atoms with Crippen molar-refractivity contribution in [1.29, 1.82) is 0 Å². The Balaban J connectivity index is 2.12. The lowest BCUT2D eigenvalue weighted by molar-refractivity contribution is 0.0990. The van der Waals surface area contributed by atoms with Crippen LogP contribution in [0.3, 0.4) is 0 Å². The summed E-state index contributed by atoms with van der Waals surface area (Å²) in [6.07, 6.45) is 0. The molecule has 0 saturated carbocycles. The van der Waals surface area contributed by atoms with Gasteiger partial charge in [-0.05, 0) is 24.7 Å². The highest BCUT2D eigenvalue weighted by atomic mass is 16.5. The Morgan fingerprint density at radius 3 is 2.60 bits per heavy atom. The molecule has 0 bridgehead atoms. The van der Waals surface area contributed by atoms with E-state index in [1.807, 2.05) is 30.3 Å². The highest BCUT2D eigenvalue weighted by Gasteiger charge is 2.14. The number of benzene rings is 2. The minimum absolute atomic E-state index is 0.108. The van der Waals surface area contributed by atoms with E-state index in [0.29, 0.717) is 12.4 Å². The van der Waals surface area contributed by atoms with Gasteiger partial charge < -0.3 is 15.2 Å². The molecule has 0 saturated heterocycles.